The number of carbonyl (C=O) groups is 1. The largest absolute Gasteiger partial charge is 0.497 e. The van der Waals surface area contributed by atoms with Gasteiger partial charge in [0.1, 0.15) is 18.1 Å². The summed E-state index contributed by atoms with van der Waals surface area (Å²) in [6.07, 6.45) is 8.13. The topological polar surface area (TPSA) is 90.1 Å². The summed E-state index contributed by atoms with van der Waals surface area (Å²) in [6.45, 7) is 9.77. The lowest BCUT2D eigenvalue weighted by molar-refractivity contribution is -0.124. The van der Waals surface area contributed by atoms with E-state index in [0.29, 0.717) is 12.6 Å². The molecule has 44 heavy (non-hydrogen) atoms. The monoisotopic (exact) mass is 596 g/mol. The second-order valence-corrected chi connectivity index (χ2v) is 11.3. The standard InChI is InChI=1S/C36H44N4O4/c1-4-39(5-2)20-21-44-30-11-6-27(7-12-30)25-40(19-18-29-24-37-34-23-31(43-3)13-15-32(29)34)35-16-10-28-22-26(8-14-33(28)35)9-17-36(41)38-42/h6-9,11-15,17,22-24,35,37,42H,4-5,10,16,18-21,25H2,1-3H3,(H,38,41)/b17-9+. The van der Waals surface area contributed by atoms with Crippen LogP contribution in [0.5, 0.6) is 11.5 Å². The second kappa shape index (κ2) is 15.1. The zero-order valence-corrected chi connectivity index (χ0v) is 26.0. The molecule has 0 saturated carbocycles. The van der Waals surface area contributed by atoms with Crippen molar-refractivity contribution >= 4 is 22.9 Å². The molecule has 0 radical (unpaired) electrons. The Bertz CT molecular complexity index is 1560. The van der Waals surface area contributed by atoms with Crippen LogP contribution < -0.4 is 15.0 Å². The SMILES string of the molecule is CCN(CC)CCOc1ccc(CN(CCc2c[nH]c3cc(OC)ccc23)C2CCc3cc(/C=C/C(=O)NO)ccc32)cc1. The quantitative estimate of drug-likeness (QED) is 0.0867. The molecule has 0 bridgehead atoms. The number of ether oxygens (including phenoxy) is 2. The van der Waals surface area contributed by atoms with Crippen LogP contribution in [-0.4, -0.2) is 65.8 Å². The van der Waals surface area contributed by atoms with Gasteiger partial charge in [-0.25, -0.2) is 5.48 Å². The highest BCUT2D eigenvalue weighted by atomic mass is 16.5. The molecule has 1 aliphatic rings. The molecule has 8 nitrogen and oxygen atoms in total. The molecule has 0 saturated heterocycles. The fraction of sp³-hybridized carbons (Fsp3) is 0.361. The van der Waals surface area contributed by atoms with Gasteiger partial charge in [0.05, 0.1) is 7.11 Å². The number of amides is 1. The van der Waals surface area contributed by atoms with Crippen LogP contribution in [0.15, 0.2) is 72.9 Å². The molecular formula is C36H44N4O4. The van der Waals surface area contributed by atoms with E-state index in [9.17, 15) is 4.79 Å². The third-order valence-electron chi connectivity index (χ3n) is 8.71. The van der Waals surface area contributed by atoms with E-state index in [4.69, 9.17) is 14.7 Å². The molecule has 1 atom stereocenters. The van der Waals surface area contributed by atoms with Gasteiger partial charge >= 0.3 is 0 Å². The number of nitrogens with zero attached hydrogens (tertiary/aromatic N) is 2. The Morgan fingerprint density at radius 1 is 1.05 bits per heavy atom. The summed E-state index contributed by atoms with van der Waals surface area (Å²) in [5.74, 6) is 1.22. The highest BCUT2D eigenvalue weighted by Gasteiger charge is 2.28. The first-order valence-electron chi connectivity index (χ1n) is 15.6. The van der Waals surface area contributed by atoms with Gasteiger partial charge in [-0.05, 0) is 90.5 Å². The van der Waals surface area contributed by atoms with E-state index in [-0.39, 0.29) is 0 Å². The molecule has 4 aromatic rings. The molecule has 1 unspecified atom stereocenters. The van der Waals surface area contributed by atoms with Gasteiger partial charge in [-0.15, -0.1) is 0 Å². The maximum atomic E-state index is 11.5. The number of fused-ring (bicyclic) bond motifs is 2. The van der Waals surface area contributed by atoms with E-state index in [0.717, 1.165) is 74.6 Å². The Hall–Kier alpha value is -4.11. The average Bonchev–Trinajstić information content (AvgIpc) is 3.68. The highest BCUT2D eigenvalue weighted by Crippen LogP contribution is 2.38. The van der Waals surface area contributed by atoms with E-state index in [1.54, 1.807) is 18.7 Å². The molecule has 8 heteroatoms. The van der Waals surface area contributed by atoms with Crippen molar-refractivity contribution in [1.82, 2.24) is 20.3 Å². The summed E-state index contributed by atoms with van der Waals surface area (Å²) < 4.78 is 11.5. The Balaban J connectivity index is 1.33. The van der Waals surface area contributed by atoms with Crippen LogP contribution in [0.4, 0.5) is 0 Å². The van der Waals surface area contributed by atoms with Crippen molar-refractivity contribution in [2.45, 2.75) is 45.7 Å². The van der Waals surface area contributed by atoms with Crippen molar-refractivity contribution in [3.05, 3.63) is 101 Å². The first-order valence-corrected chi connectivity index (χ1v) is 15.6. The molecule has 5 rings (SSSR count). The molecule has 1 amide bonds. The van der Waals surface area contributed by atoms with Gasteiger partial charge < -0.3 is 19.4 Å². The Kier molecular flexibility index (Phi) is 10.7. The van der Waals surface area contributed by atoms with Crippen molar-refractivity contribution in [1.29, 1.82) is 0 Å². The smallest absolute Gasteiger partial charge is 0.267 e. The number of aromatic nitrogens is 1. The van der Waals surface area contributed by atoms with E-state index in [1.165, 1.54) is 33.7 Å². The van der Waals surface area contributed by atoms with Gasteiger partial charge in [0, 0.05) is 54.9 Å². The number of aromatic amines is 1. The van der Waals surface area contributed by atoms with Gasteiger partial charge in [0.25, 0.3) is 5.91 Å². The predicted octanol–water partition coefficient (Wildman–Crippen LogP) is 6.15. The van der Waals surface area contributed by atoms with Crippen molar-refractivity contribution < 1.29 is 19.5 Å². The minimum Gasteiger partial charge on any atom is -0.497 e. The number of aryl methyl sites for hydroxylation is 1. The molecule has 3 aromatic carbocycles. The Labute approximate surface area is 260 Å². The Morgan fingerprint density at radius 2 is 1.84 bits per heavy atom. The molecule has 1 aromatic heterocycles. The summed E-state index contributed by atoms with van der Waals surface area (Å²) in [5.41, 5.74) is 8.89. The summed E-state index contributed by atoms with van der Waals surface area (Å²) in [6, 6.07) is 21.5. The number of rotatable bonds is 15. The van der Waals surface area contributed by atoms with E-state index in [1.807, 2.05) is 18.2 Å². The molecule has 1 heterocycles. The summed E-state index contributed by atoms with van der Waals surface area (Å²) >= 11 is 0. The highest BCUT2D eigenvalue weighted by molar-refractivity contribution is 5.90. The summed E-state index contributed by atoms with van der Waals surface area (Å²) in [5, 5.41) is 10.0. The third-order valence-corrected chi connectivity index (χ3v) is 8.71. The zero-order chi connectivity index (χ0) is 30.9. The average molecular weight is 597 g/mol. The second-order valence-electron chi connectivity index (χ2n) is 11.3. The number of benzene rings is 3. The van der Waals surface area contributed by atoms with Crippen LogP contribution in [0, 0.1) is 0 Å². The van der Waals surface area contributed by atoms with Crippen LogP contribution in [0.3, 0.4) is 0 Å². The molecule has 0 aliphatic heterocycles. The van der Waals surface area contributed by atoms with Crippen LogP contribution in [-0.2, 0) is 24.2 Å². The molecule has 3 N–H and O–H groups in total. The lowest BCUT2D eigenvalue weighted by Gasteiger charge is -2.30. The fourth-order valence-corrected chi connectivity index (χ4v) is 6.17. The number of likely N-dealkylation sites (N-methyl/N-ethyl adjacent to an activating group) is 1. The number of nitrogens with one attached hydrogen (secondary N) is 2. The first-order chi connectivity index (χ1) is 21.5. The number of methoxy groups -OCH3 is 1. The van der Waals surface area contributed by atoms with Crippen LogP contribution in [0.25, 0.3) is 17.0 Å². The number of H-pyrrole nitrogens is 1. The van der Waals surface area contributed by atoms with Gasteiger partial charge in [-0.1, -0.05) is 44.2 Å². The van der Waals surface area contributed by atoms with E-state index < -0.39 is 5.91 Å². The molecule has 0 fully saturated rings. The molecule has 0 spiro atoms. The van der Waals surface area contributed by atoms with Gasteiger partial charge in [0.2, 0.25) is 0 Å². The van der Waals surface area contributed by atoms with Crippen molar-refractivity contribution in [2.24, 2.45) is 0 Å². The van der Waals surface area contributed by atoms with Gasteiger partial charge in [-0.2, -0.15) is 0 Å². The normalized spacial score (nSPS) is 14.5. The molecule has 232 valence electrons. The lowest BCUT2D eigenvalue weighted by atomic mass is 10.0. The van der Waals surface area contributed by atoms with E-state index >= 15 is 0 Å². The maximum Gasteiger partial charge on any atom is 0.267 e. The molecule has 1 aliphatic carbocycles. The third kappa shape index (κ3) is 7.69. The van der Waals surface area contributed by atoms with Crippen molar-refractivity contribution in [2.75, 3.05) is 39.9 Å². The lowest BCUT2D eigenvalue weighted by Crippen LogP contribution is -2.29. The van der Waals surface area contributed by atoms with E-state index in [2.05, 4.69) is 77.3 Å². The Morgan fingerprint density at radius 3 is 2.59 bits per heavy atom. The molecular weight excluding hydrogens is 552 g/mol. The number of hydrogen-bond acceptors (Lipinski definition) is 6. The maximum absolute atomic E-state index is 11.5. The summed E-state index contributed by atoms with van der Waals surface area (Å²) in [7, 11) is 1.69. The van der Waals surface area contributed by atoms with Crippen LogP contribution in [0.2, 0.25) is 0 Å². The minimum atomic E-state index is -0.536. The van der Waals surface area contributed by atoms with Crippen molar-refractivity contribution in [3.63, 3.8) is 0 Å². The number of hydrogen-bond donors (Lipinski definition) is 3. The minimum absolute atomic E-state index is 0.291. The van der Waals surface area contributed by atoms with Crippen LogP contribution >= 0.6 is 0 Å². The fourth-order valence-electron chi connectivity index (χ4n) is 6.17. The van der Waals surface area contributed by atoms with Crippen LogP contribution in [0.1, 0.15) is 54.1 Å². The zero-order valence-electron chi connectivity index (χ0n) is 26.0. The summed E-state index contributed by atoms with van der Waals surface area (Å²) in [4.78, 5) is 19.9. The first kappa shape index (κ1) is 31.3. The van der Waals surface area contributed by atoms with Crippen molar-refractivity contribution in [3.8, 4) is 11.5 Å². The van der Waals surface area contributed by atoms with Gasteiger partial charge in [0.15, 0.2) is 0 Å². The number of hydroxylamine groups is 1. The predicted molar refractivity (Wildman–Crippen MR) is 175 cm³/mol. The van der Waals surface area contributed by atoms with Gasteiger partial charge in [-0.3, -0.25) is 14.9 Å². The number of carbonyl (C=O) groups excluding carboxylic acids is 1.